The number of nitrogens with zero attached hydrogens (tertiary/aromatic N) is 1. The molecule has 15 heavy (non-hydrogen) atoms. The first-order valence-corrected chi connectivity index (χ1v) is 5.51. The van der Waals surface area contributed by atoms with E-state index in [9.17, 15) is 9.59 Å². The minimum Gasteiger partial charge on any atom is -0.353 e. The molecule has 4 nitrogen and oxygen atoms in total. The zero-order valence-corrected chi connectivity index (χ0v) is 9.75. The zero-order chi connectivity index (χ0) is 11.4. The highest BCUT2D eigenvalue weighted by Gasteiger charge is 2.28. The first-order valence-electron chi connectivity index (χ1n) is 5.51. The Morgan fingerprint density at radius 1 is 1.60 bits per heavy atom. The molecular weight excluding hydrogens is 192 g/mol. The highest BCUT2D eigenvalue weighted by molar-refractivity contribution is 5.79. The molecular formula is C11H20N2O2. The Bertz CT molecular complexity index is 251. The highest BCUT2D eigenvalue weighted by atomic mass is 16.2. The van der Waals surface area contributed by atoms with Crippen molar-refractivity contribution < 1.29 is 9.59 Å². The lowest BCUT2D eigenvalue weighted by Gasteiger charge is -2.37. The summed E-state index contributed by atoms with van der Waals surface area (Å²) in [6.45, 7) is 7.70. The van der Waals surface area contributed by atoms with Crippen LogP contribution in [0.15, 0.2) is 0 Å². The summed E-state index contributed by atoms with van der Waals surface area (Å²) in [6, 6.07) is 0.363. The van der Waals surface area contributed by atoms with Gasteiger partial charge in [-0.15, -0.1) is 0 Å². The van der Waals surface area contributed by atoms with E-state index in [0.717, 1.165) is 0 Å². The highest BCUT2D eigenvalue weighted by Crippen LogP contribution is 2.13. The third-order valence-electron chi connectivity index (χ3n) is 2.84. The van der Waals surface area contributed by atoms with Crippen molar-refractivity contribution in [1.29, 1.82) is 0 Å². The molecule has 1 unspecified atom stereocenters. The van der Waals surface area contributed by atoms with E-state index >= 15 is 0 Å². The molecule has 0 spiro atoms. The van der Waals surface area contributed by atoms with E-state index in [-0.39, 0.29) is 11.7 Å². The van der Waals surface area contributed by atoms with Crippen LogP contribution in [0.2, 0.25) is 0 Å². The average molecular weight is 212 g/mol. The number of carbonyl (C=O) groups excluding carboxylic acids is 2. The molecule has 0 aromatic heterocycles. The van der Waals surface area contributed by atoms with E-state index in [4.69, 9.17) is 0 Å². The summed E-state index contributed by atoms with van der Waals surface area (Å²) in [5.74, 6) is 0.747. The number of rotatable bonds is 4. The molecule has 0 aromatic carbocycles. The summed E-state index contributed by atoms with van der Waals surface area (Å²) < 4.78 is 0. The van der Waals surface area contributed by atoms with Crippen molar-refractivity contribution in [3.8, 4) is 0 Å². The predicted octanol–water partition coefficient (Wildman–Crippen LogP) is 0.422. The minimum absolute atomic E-state index is 0.0652. The minimum atomic E-state index is 0.0652. The number of hydrogen-bond acceptors (Lipinski definition) is 3. The number of carbonyl (C=O) groups is 2. The summed E-state index contributed by atoms with van der Waals surface area (Å²) in [6.07, 6.45) is 0.538. The van der Waals surface area contributed by atoms with Gasteiger partial charge in [0.15, 0.2) is 0 Å². The van der Waals surface area contributed by atoms with E-state index in [0.29, 0.717) is 38.0 Å². The Morgan fingerprint density at radius 2 is 2.27 bits per heavy atom. The van der Waals surface area contributed by atoms with Gasteiger partial charge in [-0.25, -0.2) is 0 Å². The van der Waals surface area contributed by atoms with Crippen molar-refractivity contribution >= 4 is 11.7 Å². The monoisotopic (exact) mass is 212 g/mol. The molecule has 1 heterocycles. The fourth-order valence-electron chi connectivity index (χ4n) is 1.91. The summed E-state index contributed by atoms with van der Waals surface area (Å²) in [5, 5.41) is 2.87. The van der Waals surface area contributed by atoms with Gasteiger partial charge in [-0.3, -0.25) is 14.5 Å². The Morgan fingerprint density at radius 3 is 2.80 bits per heavy atom. The van der Waals surface area contributed by atoms with Crippen LogP contribution in [0.4, 0.5) is 0 Å². The van der Waals surface area contributed by atoms with Crippen molar-refractivity contribution in [2.75, 3.05) is 19.6 Å². The number of amides is 1. The van der Waals surface area contributed by atoms with Crippen molar-refractivity contribution in [2.24, 2.45) is 5.92 Å². The lowest BCUT2D eigenvalue weighted by molar-refractivity contribution is -0.127. The van der Waals surface area contributed by atoms with Gasteiger partial charge in [-0.05, 0) is 12.8 Å². The fraction of sp³-hybridized carbons (Fsp3) is 0.818. The number of piperazine rings is 1. The third-order valence-corrected chi connectivity index (χ3v) is 2.84. The van der Waals surface area contributed by atoms with Gasteiger partial charge in [0.25, 0.3) is 0 Å². The Kier molecular flexibility index (Phi) is 4.27. The summed E-state index contributed by atoms with van der Waals surface area (Å²) in [7, 11) is 0. The molecule has 1 aliphatic heterocycles. The predicted molar refractivity (Wildman–Crippen MR) is 58.5 cm³/mol. The summed E-state index contributed by atoms with van der Waals surface area (Å²) >= 11 is 0. The maximum Gasteiger partial charge on any atom is 0.234 e. The van der Waals surface area contributed by atoms with Crippen LogP contribution in [0, 0.1) is 5.92 Å². The van der Waals surface area contributed by atoms with Gasteiger partial charge < -0.3 is 5.32 Å². The van der Waals surface area contributed by atoms with Crippen LogP contribution >= 0.6 is 0 Å². The molecule has 4 heteroatoms. The number of hydrogen-bond donors (Lipinski definition) is 1. The molecule has 1 N–H and O–H groups in total. The van der Waals surface area contributed by atoms with Gasteiger partial charge in [0, 0.05) is 25.6 Å². The molecule has 0 radical (unpaired) electrons. The molecule has 1 fully saturated rings. The van der Waals surface area contributed by atoms with Crippen LogP contribution in [0.1, 0.15) is 27.2 Å². The largest absolute Gasteiger partial charge is 0.353 e. The molecule has 1 saturated heterocycles. The third kappa shape index (κ3) is 3.63. The number of nitrogens with one attached hydrogen (secondary N) is 1. The smallest absolute Gasteiger partial charge is 0.234 e. The lowest BCUT2D eigenvalue weighted by Crippen LogP contribution is -2.56. The maximum absolute atomic E-state index is 11.2. The van der Waals surface area contributed by atoms with E-state index in [1.54, 1.807) is 6.92 Å². The van der Waals surface area contributed by atoms with E-state index < -0.39 is 0 Å². The normalized spacial score (nSPS) is 22.9. The molecule has 1 rings (SSSR count). The fourth-order valence-corrected chi connectivity index (χ4v) is 1.91. The van der Waals surface area contributed by atoms with Crippen LogP contribution in [0.5, 0.6) is 0 Å². The summed E-state index contributed by atoms with van der Waals surface area (Å²) in [5.41, 5.74) is 0. The van der Waals surface area contributed by atoms with Crippen molar-refractivity contribution in [3.63, 3.8) is 0 Å². The molecule has 1 aliphatic rings. The van der Waals surface area contributed by atoms with E-state index in [1.807, 2.05) is 0 Å². The first kappa shape index (κ1) is 12.2. The quantitative estimate of drug-likeness (QED) is 0.735. The molecule has 0 saturated carbocycles. The lowest BCUT2D eigenvalue weighted by atomic mass is 10.00. The van der Waals surface area contributed by atoms with Crippen molar-refractivity contribution in [2.45, 2.75) is 33.2 Å². The standard InChI is InChI=1S/C11H20N2O2/c1-8(2)10-6-12-11(15)7-13(10)5-4-9(3)14/h8,10H,4-7H2,1-3H3,(H,12,15). The molecule has 1 atom stereocenters. The van der Waals surface area contributed by atoms with Gasteiger partial charge in [0.05, 0.1) is 6.54 Å². The Hall–Kier alpha value is -0.900. The van der Waals surface area contributed by atoms with Crippen LogP contribution in [0.25, 0.3) is 0 Å². The summed E-state index contributed by atoms with van der Waals surface area (Å²) in [4.78, 5) is 24.3. The second kappa shape index (κ2) is 5.26. The molecule has 86 valence electrons. The topological polar surface area (TPSA) is 49.4 Å². The zero-order valence-electron chi connectivity index (χ0n) is 9.75. The van der Waals surface area contributed by atoms with Gasteiger partial charge in [0.2, 0.25) is 5.91 Å². The molecule has 0 bridgehead atoms. The van der Waals surface area contributed by atoms with Crippen molar-refractivity contribution in [3.05, 3.63) is 0 Å². The van der Waals surface area contributed by atoms with Crippen LogP contribution < -0.4 is 5.32 Å². The first-order chi connectivity index (χ1) is 7.00. The van der Waals surface area contributed by atoms with Gasteiger partial charge in [-0.2, -0.15) is 0 Å². The molecule has 0 aromatic rings. The number of Topliss-reactive ketones (excluding diaryl/α,β-unsaturated/α-hetero) is 1. The van der Waals surface area contributed by atoms with Crippen LogP contribution in [-0.2, 0) is 9.59 Å². The van der Waals surface area contributed by atoms with Crippen molar-refractivity contribution in [1.82, 2.24) is 10.2 Å². The van der Waals surface area contributed by atoms with Gasteiger partial charge in [-0.1, -0.05) is 13.8 Å². The van der Waals surface area contributed by atoms with E-state index in [2.05, 4.69) is 24.1 Å². The maximum atomic E-state index is 11.2. The van der Waals surface area contributed by atoms with Gasteiger partial charge >= 0.3 is 0 Å². The average Bonchev–Trinajstić information content (AvgIpc) is 2.14. The van der Waals surface area contributed by atoms with Crippen LogP contribution in [0.3, 0.4) is 0 Å². The number of ketones is 1. The molecule has 1 amide bonds. The van der Waals surface area contributed by atoms with E-state index in [1.165, 1.54) is 0 Å². The Labute approximate surface area is 91.0 Å². The second-order valence-corrected chi connectivity index (χ2v) is 4.54. The molecule has 0 aliphatic carbocycles. The SMILES string of the molecule is CC(=O)CCN1CC(=O)NCC1C(C)C. The van der Waals surface area contributed by atoms with Gasteiger partial charge in [0.1, 0.15) is 5.78 Å². The van der Waals surface area contributed by atoms with Crippen LogP contribution in [-0.4, -0.2) is 42.3 Å². The Balaban J connectivity index is 2.53. The second-order valence-electron chi connectivity index (χ2n) is 4.54.